The number of fused-ring (bicyclic) bond motifs is 3. The van der Waals surface area contributed by atoms with Gasteiger partial charge in [0.2, 0.25) is 0 Å². The molecular weight excluding hydrogens is 672 g/mol. The van der Waals surface area contributed by atoms with Crippen LogP contribution >= 0.6 is 0 Å². The number of ether oxygens (including phenoxy) is 5. The lowest BCUT2D eigenvalue weighted by molar-refractivity contribution is -0.212. The number of unbranched alkanes of at least 4 members (excludes halogenated alkanes) is 8. The predicted octanol–water partition coefficient (Wildman–Crippen LogP) is 6.27. The molecule has 0 aromatic carbocycles. The van der Waals surface area contributed by atoms with Crippen molar-refractivity contribution in [2.75, 3.05) is 0 Å². The summed E-state index contributed by atoms with van der Waals surface area (Å²) in [5.41, 5.74) is -6.09. The van der Waals surface area contributed by atoms with Crippen molar-refractivity contribution in [3.8, 4) is 0 Å². The first kappa shape index (κ1) is 43.2. The van der Waals surface area contributed by atoms with E-state index in [0.717, 1.165) is 58.3 Å². The Hall–Kier alpha value is -3.25. The number of hydrogen-bond donors (Lipinski definition) is 2. The molecular formula is C40H62O12. The van der Waals surface area contributed by atoms with Crippen LogP contribution in [0.4, 0.5) is 0 Å². The summed E-state index contributed by atoms with van der Waals surface area (Å²) in [6, 6.07) is 0. The summed E-state index contributed by atoms with van der Waals surface area (Å²) in [4.78, 5) is 66.9. The van der Waals surface area contributed by atoms with E-state index in [0.29, 0.717) is 24.8 Å². The van der Waals surface area contributed by atoms with Gasteiger partial charge in [0.25, 0.3) is 0 Å². The van der Waals surface area contributed by atoms with Gasteiger partial charge in [-0.2, -0.15) is 0 Å². The van der Waals surface area contributed by atoms with E-state index in [9.17, 15) is 34.2 Å². The Bertz CT molecular complexity index is 1360. The molecule has 1 heterocycles. The van der Waals surface area contributed by atoms with E-state index in [1.807, 2.05) is 0 Å². The summed E-state index contributed by atoms with van der Waals surface area (Å²) in [6.07, 6.45) is 4.79. The molecule has 2 aliphatic carbocycles. The molecule has 2 fully saturated rings. The van der Waals surface area contributed by atoms with E-state index in [1.54, 1.807) is 40.7 Å². The molecule has 0 radical (unpaired) electrons. The second-order valence-electron chi connectivity index (χ2n) is 15.1. The lowest BCUT2D eigenvalue weighted by Crippen LogP contribution is -2.64. The molecule has 0 amide bonds. The summed E-state index contributed by atoms with van der Waals surface area (Å²) in [5.74, 6) is -4.82. The first-order valence-corrected chi connectivity index (χ1v) is 19.3. The fourth-order valence-corrected chi connectivity index (χ4v) is 7.76. The second-order valence-corrected chi connectivity index (χ2v) is 15.1. The number of hydrogen-bond acceptors (Lipinski definition) is 12. The summed E-state index contributed by atoms with van der Waals surface area (Å²) >= 11 is 0. The van der Waals surface area contributed by atoms with Crippen molar-refractivity contribution in [2.24, 2.45) is 5.92 Å². The smallest absolute Gasteiger partial charge is 0.341 e. The summed E-state index contributed by atoms with van der Waals surface area (Å²) in [5, 5.41) is 24.3. The Morgan fingerprint density at radius 2 is 1.37 bits per heavy atom. The fourth-order valence-electron chi connectivity index (χ4n) is 7.76. The molecule has 1 saturated heterocycles. The number of carbonyl (C=O) groups excluding carboxylic acids is 5. The zero-order valence-corrected chi connectivity index (χ0v) is 32.5. The number of aliphatic hydroxyl groups is 2. The van der Waals surface area contributed by atoms with E-state index >= 15 is 0 Å². The van der Waals surface area contributed by atoms with Crippen LogP contribution in [0.5, 0.6) is 0 Å². The van der Waals surface area contributed by atoms with Crippen molar-refractivity contribution in [2.45, 2.75) is 193 Å². The monoisotopic (exact) mass is 734 g/mol. The molecule has 3 rings (SSSR count). The predicted molar refractivity (Wildman–Crippen MR) is 191 cm³/mol. The average molecular weight is 735 g/mol. The first-order chi connectivity index (χ1) is 24.5. The fraction of sp³-hybridized carbons (Fsp3) is 0.775. The molecule has 12 heteroatoms. The largest absolute Gasteiger partial charge is 0.459 e. The van der Waals surface area contributed by atoms with Gasteiger partial charge in [-0.3, -0.25) is 14.4 Å². The van der Waals surface area contributed by atoms with Gasteiger partial charge in [-0.25, -0.2) is 9.59 Å². The Balaban J connectivity index is 2.21. The number of carbonyl (C=O) groups is 5. The molecule has 8 atom stereocenters. The van der Waals surface area contributed by atoms with Gasteiger partial charge in [0.05, 0.1) is 5.92 Å². The first-order valence-electron chi connectivity index (χ1n) is 19.3. The summed E-state index contributed by atoms with van der Waals surface area (Å²) in [7, 11) is 0. The van der Waals surface area contributed by atoms with Crippen LogP contribution in [0.2, 0.25) is 0 Å². The van der Waals surface area contributed by atoms with Crippen LogP contribution in [0.15, 0.2) is 22.8 Å². The molecule has 1 aliphatic heterocycles. The van der Waals surface area contributed by atoms with Crippen molar-refractivity contribution in [3.63, 3.8) is 0 Å². The minimum atomic E-state index is -2.58. The highest BCUT2D eigenvalue weighted by Crippen LogP contribution is 2.57. The Kier molecular flexibility index (Phi) is 15.5. The van der Waals surface area contributed by atoms with Gasteiger partial charge in [-0.1, -0.05) is 78.2 Å². The molecule has 294 valence electrons. The second kappa shape index (κ2) is 18.7. The lowest BCUT2D eigenvalue weighted by atomic mass is 9.75. The zero-order valence-electron chi connectivity index (χ0n) is 32.5. The Morgan fingerprint density at radius 1 is 0.808 bits per heavy atom. The van der Waals surface area contributed by atoms with Gasteiger partial charge in [0.15, 0.2) is 29.5 Å². The van der Waals surface area contributed by atoms with E-state index in [-0.39, 0.29) is 30.4 Å². The van der Waals surface area contributed by atoms with Gasteiger partial charge in [-0.05, 0) is 65.0 Å². The molecule has 0 aromatic heterocycles. The third kappa shape index (κ3) is 9.27. The molecule has 0 unspecified atom stereocenters. The minimum absolute atomic E-state index is 0.0194. The third-order valence-corrected chi connectivity index (χ3v) is 11.0. The van der Waals surface area contributed by atoms with E-state index in [4.69, 9.17) is 23.7 Å². The van der Waals surface area contributed by atoms with Crippen LogP contribution in [0, 0.1) is 5.92 Å². The van der Waals surface area contributed by atoms with Crippen LogP contribution in [-0.2, 0) is 47.7 Å². The van der Waals surface area contributed by atoms with Crippen LogP contribution in [-0.4, -0.2) is 81.3 Å². The van der Waals surface area contributed by atoms with Crippen molar-refractivity contribution < 1.29 is 57.9 Å². The van der Waals surface area contributed by atoms with Crippen molar-refractivity contribution in [1.82, 2.24) is 0 Å². The van der Waals surface area contributed by atoms with Crippen LogP contribution in [0.1, 0.15) is 152 Å². The topological polar surface area (TPSA) is 172 Å². The van der Waals surface area contributed by atoms with E-state index in [2.05, 4.69) is 13.8 Å². The molecule has 0 bridgehead atoms. The van der Waals surface area contributed by atoms with E-state index in [1.165, 1.54) is 0 Å². The molecule has 52 heavy (non-hydrogen) atoms. The molecule has 0 aromatic rings. The van der Waals surface area contributed by atoms with Gasteiger partial charge < -0.3 is 33.9 Å². The highest BCUT2D eigenvalue weighted by Gasteiger charge is 2.76. The molecule has 1 saturated carbocycles. The van der Waals surface area contributed by atoms with Gasteiger partial charge in [0, 0.05) is 31.3 Å². The van der Waals surface area contributed by atoms with Gasteiger partial charge >= 0.3 is 29.8 Å². The summed E-state index contributed by atoms with van der Waals surface area (Å²) < 4.78 is 30.2. The molecule has 2 N–H and O–H groups in total. The Morgan fingerprint density at radius 3 is 1.92 bits per heavy atom. The quantitative estimate of drug-likeness (QED) is 0.0502. The van der Waals surface area contributed by atoms with Gasteiger partial charge in [0.1, 0.15) is 11.7 Å². The van der Waals surface area contributed by atoms with Gasteiger partial charge in [-0.15, -0.1) is 0 Å². The highest BCUT2D eigenvalue weighted by atomic mass is 16.6. The molecule has 3 aliphatic rings. The Labute approximate surface area is 309 Å². The van der Waals surface area contributed by atoms with Crippen molar-refractivity contribution in [1.29, 1.82) is 0 Å². The molecule has 0 spiro atoms. The SMILES string of the molecule is C/C=C(/C)C(=O)O[C@H]1C(C)=C2[C@H]([C@@H]1OC(=O)CCCCCCC)[C@@](C)(OC(=O)CCCCCCC)C[C@H](OC(=O)CCC)[C@@]1(O)[C@H]2OC(=O)[C@@]1(C)O. The maximum atomic E-state index is 13.7. The summed E-state index contributed by atoms with van der Waals surface area (Å²) in [6.45, 7) is 13.5. The van der Waals surface area contributed by atoms with Crippen molar-refractivity contribution in [3.05, 3.63) is 22.8 Å². The lowest BCUT2D eigenvalue weighted by Gasteiger charge is -2.42. The molecule has 12 nitrogen and oxygen atoms in total. The maximum Gasteiger partial charge on any atom is 0.341 e. The number of esters is 5. The zero-order chi connectivity index (χ0) is 38.9. The minimum Gasteiger partial charge on any atom is -0.459 e. The standard InChI is InChI=1S/C40H62O12/c1-9-13-15-17-19-22-29(42)49-34-32-31(26(6)33(34)50-36(44)25(5)12-4)35-40(47,39(8,46)37(45)51-35)27(48-28(41)21-11-3)24-38(32,7)52-30(43)23-20-18-16-14-10-2/h12,27,32-35,46-47H,9-11,13-24H2,1-8H3/b25-12-/t27-,32+,33-,34-,35-,38-,39+,40+/m0/s1. The normalized spacial score (nSPS) is 31.3. The average Bonchev–Trinajstić information content (AvgIpc) is 3.42. The van der Waals surface area contributed by atoms with Crippen LogP contribution in [0.25, 0.3) is 0 Å². The maximum absolute atomic E-state index is 13.7. The van der Waals surface area contributed by atoms with Crippen molar-refractivity contribution >= 4 is 29.8 Å². The van der Waals surface area contributed by atoms with E-state index < -0.39 is 83.4 Å². The third-order valence-electron chi connectivity index (χ3n) is 11.0. The number of allylic oxidation sites excluding steroid dienone is 1. The van der Waals surface area contributed by atoms with Crippen LogP contribution < -0.4 is 0 Å². The number of rotatable bonds is 19. The highest BCUT2D eigenvalue weighted by molar-refractivity contribution is 5.88. The van der Waals surface area contributed by atoms with Crippen LogP contribution in [0.3, 0.4) is 0 Å².